The van der Waals surface area contributed by atoms with Crippen LogP contribution in [0.15, 0.2) is 0 Å². The van der Waals surface area contributed by atoms with Gasteiger partial charge in [-0.15, -0.1) is 0 Å². The Labute approximate surface area is 74.5 Å². The molecule has 72 valence electrons. The molecule has 0 aromatic rings. The first-order valence-electron chi connectivity index (χ1n) is 4.81. The van der Waals surface area contributed by atoms with E-state index in [1.54, 1.807) is 0 Å². The molecule has 0 aromatic heterocycles. The van der Waals surface area contributed by atoms with Crippen LogP contribution in [-0.4, -0.2) is 42.3 Å². The van der Waals surface area contributed by atoms with Crippen molar-refractivity contribution in [3.63, 3.8) is 0 Å². The van der Waals surface area contributed by atoms with Crippen molar-refractivity contribution >= 4 is 0 Å². The van der Waals surface area contributed by atoms with Gasteiger partial charge in [0.15, 0.2) is 0 Å². The number of piperidine rings is 1. The second kappa shape index (κ2) is 4.80. The van der Waals surface area contributed by atoms with Crippen LogP contribution >= 0.6 is 0 Å². The highest BCUT2D eigenvalue weighted by Gasteiger charge is 2.18. The van der Waals surface area contributed by atoms with Crippen molar-refractivity contribution in [1.82, 2.24) is 4.90 Å². The lowest BCUT2D eigenvalue weighted by molar-refractivity contribution is 0.128. The molecule has 1 atom stereocenters. The molecule has 3 N–H and O–H groups in total. The van der Waals surface area contributed by atoms with Crippen LogP contribution in [0.2, 0.25) is 0 Å². The van der Waals surface area contributed by atoms with E-state index in [0.717, 1.165) is 32.5 Å². The quantitative estimate of drug-likeness (QED) is 0.632. The van der Waals surface area contributed by atoms with Gasteiger partial charge in [-0.05, 0) is 38.8 Å². The summed E-state index contributed by atoms with van der Waals surface area (Å²) in [4.78, 5) is 2.39. The van der Waals surface area contributed by atoms with E-state index < -0.39 is 0 Å². The summed E-state index contributed by atoms with van der Waals surface area (Å²) >= 11 is 0. The van der Waals surface area contributed by atoms with Gasteiger partial charge in [-0.3, -0.25) is 0 Å². The summed E-state index contributed by atoms with van der Waals surface area (Å²) in [5.74, 6) is 0.536. The fourth-order valence-corrected chi connectivity index (χ4v) is 1.76. The Balaban J connectivity index is 2.17. The van der Waals surface area contributed by atoms with Gasteiger partial charge in [-0.1, -0.05) is 0 Å². The third-order valence-corrected chi connectivity index (χ3v) is 2.51. The average Bonchev–Trinajstić information content (AvgIpc) is 2.05. The fraction of sp³-hybridized carbons (Fsp3) is 1.00. The lowest BCUT2D eigenvalue weighted by Gasteiger charge is -2.31. The zero-order chi connectivity index (χ0) is 8.97. The normalized spacial score (nSPS) is 24.2. The molecule has 1 aliphatic rings. The molecule has 3 heteroatoms. The van der Waals surface area contributed by atoms with Gasteiger partial charge >= 0.3 is 0 Å². The minimum absolute atomic E-state index is 0.274. The first-order chi connectivity index (χ1) is 5.72. The summed E-state index contributed by atoms with van der Waals surface area (Å²) in [7, 11) is 0. The molecule has 0 bridgehead atoms. The van der Waals surface area contributed by atoms with Crippen LogP contribution in [0.25, 0.3) is 0 Å². The van der Waals surface area contributed by atoms with Gasteiger partial charge in [0, 0.05) is 19.2 Å². The Kier molecular flexibility index (Phi) is 3.98. The molecule has 1 rings (SSSR count). The lowest BCUT2D eigenvalue weighted by atomic mass is 9.98. The van der Waals surface area contributed by atoms with Gasteiger partial charge in [0.2, 0.25) is 0 Å². The van der Waals surface area contributed by atoms with Gasteiger partial charge in [-0.25, -0.2) is 0 Å². The first kappa shape index (κ1) is 9.96. The molecule has 0 amide bonds. The number of hydrogen-bond acceptors (Lipinski definition) is 3. The molecule has 1 heterocycles. The van der Waals surface area contributed by atoms with E-state index in [1.165, 1.54) is 0 Å². The van der Waals surface area contributed by atoms with Crippen molar-refractivity contribution in [3.05, 3.63) is 0 Å². The minimum atomic E-state index is 0.274. The third kappa shape index (κ3) is 3.09. The number of aliphatic hydroxyl groups is 1. The van der Waals surface area contributed by atoms with Crippen molar-refractivity contribution in [3.8, 4) is 0 Å². The van der Waals surface area contributed by atoms with Crippen LogP contribution in [0.3, 0.4) is 0 Å². The number of rotatable bonds is 3. The van der Waals surface area contributed by atoms with Crippen LogP contribution < -0.4 is 5.73 Å². The predicted molar refractivity (Wildman–Crippen MR) is 49.9 cm³/mol. The van der Waals surface area contributed by atoms with E-state index in [1.807, 2.05) is 6.92 Å². The van der Waals surface area contributed by atoms with E-state index >= 15 is 0 Å². The molecule has 0 aromatic carbocycles. The van der Waals surface area contributed by atoms with E-state index in [4.69, 9.17) is 10.8 Å². The number of nitrogens with two attached hydrogens (primary N) is 1. The summed E-state index contributed by atoms with van der Waals surface area (Å²) in [5.41, 5.74) is 5.70. The Bertz CT molecular complexity index is 120. The van der Waals surface area contributed by atoms with Crippen molar-refractivity contribution in [1.29, 1.82) is 0 Å². The minimum Gasteiger partial charge on any atom is -0.396 e. The van der Waals surface area contributed by atoms with Gasteiger partial charge in [0.1, 0.15) is 0 Å². The molecule has 12 heavy (non-hydrogen) atoms. The summed E-state index contributed by atoms with van der Waals surface area (Å²) in [5, 5.41) is 8.92. The Hall–Kier alpha value is -0.120. The van der Waals surface area contributed by atoms with Crippen molar-refractivity contribution in [2.45, 2.75) is 25.8 Å². The summed E-state index contributed by atoms with van der Waals surface area (Å²) < 4.78 is 0. The van der Waals surface area contributed by atoms with Gasteiger partial charge in [0.25, 0.3) is 0 Å². The predicted octanol–water partition coefficient (Wildman–Crippen LogP) is 0.0379. The third-order valence-electron chi connectivity index (χ3n) is 2.51. The molecule has 0 unspecified atom stereocenters. The van der Waals surface area contributed by atoms with Crippen LogP contribution in [0, 0.1) is 5.92 Å². The second-order valence-electron chi connectivity index (χ2n) is 3.90. The maximum atomic E-state index is 8.92. The zero-order valence-electron chi connectivity index (χ0n) is 7.87. The Morgan fingerprint density at radius 3 is 2.50 bits per heavy atom. The number of hydrogen-bond donors (Lipinski definition) is 2. The number of aliphatic hydroxyl groups excluding tert-OH is 1. The Morgan fingerprint density at radius 1 is 1.50 bits per heavy atom. The van der Waals surface area contributed by atoms with Crippen molar-refractivity contribution in [2.75, 3.05) is 26.2 Å². The summed E-state index contributed by atoms with van der Waals surface area (Å²) in [6, 6.07) is 0.274. The van der Waals surface area contributed by atoms with E-state index in [9.17, 15) is 0 Å². The van der Waals surface area contributed by atoms with Crippen LogP contribution in [0.5, 0.6) is 0 Å². The van der Waals surface area contributed by atoms with Gasteiger partial charge < -0.3 is 15.7 Å². The molecule has 0 spiro atoms. The monoisotopic (exact) mass is 172 g/mol. The average molecular weight is 172 g/mol. The molecule has 1 saturated heterocycles. The highest BCUT2D eigenvalue weighted by Crippen LogP contribution is 2.15. The van der Waals surface area contributed by atoms with E-state index in [-0.39, 0.29) is 6.04 Å². The second-order valence-corrected chi connectivity index (χ2v) is 3.90. The Morgan fingerprint density at radius 2 is 2.08 bits per heavy atom. The van der Waals surface area contributed by atoms with Crippen molar-refractivity contribution < 1.29 is 5.11 Å². The maximum absolute atomic E-state index is 8.92. The molecule has 3 nitrogen and oxygen atoms in total. The zero-order valence-corrected chi connectivity index (χ0v) is 7.87. The number of likely N-dealkylation sites (tertiary alicyclic amines) is 1. The molecule has 1 aliphatic heterocycles. The molecule has 1 fully saturated rings. The van der Waals surface area contributed by atoms with Crippen molar-refractivity contribution in [2.24, 2.45) is 11.7 Å². The molecule has 0 radical (unpaired) electrons. The molecule has 0 aliphatic carbocycles. The van der Waals surface area contributed by atoms with E-state index in [2.05, 4.69) is 4.90 Å². The highest BCUT2D eigenvalue weighted by atomic mass is 16.3. The van der Waals surface area contributed by atoms with Gasteiger partial charge in [-0.2, -0.15) is 0 Å². The number of nitrogens with zero attached hydrogens (tertiary/aromatic N) is 1. The molecular weight excluding hydrogens is 152 g/mol. The first-order valence-corrected chi connectivity index (χ1v) is 4.81. The van der Waals surface area contributed by atoms with Crippen LogP contribution in [-0.2, 0) is 0 Å². The van der Waals surface area contributed by atoms with Crippen LogP contribution in [0.4, 0.5) is 0 Å². The summed E-state index contributed by atoms with van der Waals surface area (Å²) in [6.45, 7) is 5.60. The van der Waals surface area contributed by atoms with E-state index in [0.29, 0.717) is 12.5 Å². The van der Waals surface area contributed by atoms with Crippen LogP contribution in [0.1, 0.15) is 19.8 Å². The fourth-order valence-electron chi connectivity index (χ4n) is 1.76. The van der Waals surface area contributed by atoms with Gasteiger partial charge in [0.05, 0.1) is 0 Å². The highest BCUT2D eigenvalue weighted by molar-refractivity contribution is 4.73. The molecule has 0 saturated carbocycles. The summed E-state index contributed by atoms with van der Waals surface area (Å²) in [6.07, 6.45) is 2.26. The standard InChI is InChI=1S/C9H20N2O/c1-8(10)6-11-4-2-9(7-12)3-5-11/h8-9,12H,2-7,10H2,1H3/t8-/m0/s1. The topological polar surface area (TPSA) is 49.5 Å². The smallest absolute Gasteiger partial charge is 0.0460 e. The molecular formula is C9H20N2O. The SMILES string of the molecule is C[C@H](N)CN1CCC(CO)CC1. The maximum Gasteiger partial charge on any atom is 0.0460 e. The lowest BCUT2D eigenvalue weighted by Crippen LogP contribution is -2.41. The largest absolute Gasteiger partial charge is 0.396 e.